The van der Waals surface area contributed by atoms with Crippen LogP contribution in [0.1, 0.15) is 43.4 Å². The van der Waals surface area contributed by atoms with Crippen LogP contribution in [0.4, 0.5) is 0 Å². The summed E-state index contributed by atoms with van der Waals surface area (Å²) in [6.07, 6.45) is 7.74. The highest BCUT2D eigenvalue weighted by Gasteiger charge is 2.46. The third-order valence-corrected chi connectivity index (χ3v) is 6.52. The number of aromatic nitrogens is 2. The van der Waals surface area contributed by atoms with Gasteiger partial charge in [-0.2, -0.15) is 0 Å². The zero-order valence-electron chi connectivity index (χ0n) is 21.9. The highest BCUT2D eigenvalue weighted by molar-refractivity contribution is 6.46. The normalized spacial score (nSPS) is 16.6. The van der Waals surface area contributed by atoms with Gasteiger partial charge in [0.15, 0.2) is 11.5 Å². The number of unbranched alkanes of at least 4 members (excludes halogenated alkanes) is 1. The van der Waals surface area contributed by atoms with Crippen LogP contribution >= 0.6 is 0 Å². The smallest absolute Gasteiger partial charge is 0.295 e. The van der Waals surface area contributed by atoms with Crippen LogP contribution in [0.25, 0.3) is 5.76 Å². The number of hydrogen-bond acceptors (Lipinski definition) is 7. The van der Waals surface area contributed by atoms with Crippen molar-refractivity contribution in [1.29, 1.82) is 0 Å². The average molecular weight is 520 g/mol. The minimum Gasteiger partial charge on any atom is -0.507 e. The summed E-state index contributed by atoms with van der Waals surface area (Å²) in [5.74, 6) is -0.0620. The monoisotopic (exact) mass is 519 g/mol. The lowest BCUT2D eigenvalue weighted by molar-refractivity contribution is -0.139. The molecule has 1 aliphatic rings. The maximum atomic E-state index is 13.3. The first-order valence-electron chi connectivity index (χ1n) is 12.7. The number of aliphatic hydroxyl groups is 1. The standard InChI is InChI=1S/C29H33N3O6/c1-4-5-16-38-23-11-10-20(18-24(23)37-3)26-25(27(33)21-8-6-9-22(17-21)36-2)28(34)29(35)32(26)14-7-13-31-15-12-30-19-31/h6,8-12,15,17-19,26,33H,4-5,7,13-14,16H2,1-3H3/t26-/m1/s1. The molecule has 0 radical (unpaired) electrons. The van der Waals surface area contributed by atoms with Crippen molar-refractivity contribution in [3.8, 4) is 17.2 Å². The Morgan fingerprint density at radius 3 is 2.58 bits per heavy atom. The van der Waals surface area contributed by atoms with E-state index in [1.165, 1.54) is 12.0 Å². The lowest BCUT2D eigenvalue weighted by atomic mass is 9.95. The van der Waals surface area contributed by atoms with Gasteiger partial charge in [0.1, 0.15) is 11.5 Å². The predicted octanol–water partition coefficient (Wildman–Crippen LogP) is 4.59. The second-order valence-electron chi connectivity index (χ2n) is 8.99. The third-order valence-electron chi connectivity index (χ3n) is 6.52. The van der Waals surface area contributed by atoms with Gasteiger partial charge < -0.3 is 28.8 Å². The number of aliphatic hydroxyl groups excluding tert-OH is 1. The van der Waals surface area contributed by atoms with Crippen LogP contribution in [0.2, 0.25) is 0 Å². The molecule has 0 unspecified atom stereocenters. The Morgan fingerprint density at radius 2 is 1.87 bits per heavy atom. The number of likely N-dealkylation sites (tertiary alicyclic amines) is 1. The first kappa shape index (κ1) is 26.8. The summed E-state index contributed by atoms with van der Waals surface area (Å²) in [6.45, 7) is 3.56. The number of Topliss-reactive ketones (excluding diaryl/α,β-unsaturated/α-hetero) is 1. The van der Waals surface area contributed by atoms with E-state index in [0.29, 0.717) is 54.5 Å². The van der Waals surface area contributed by atoms with E-state index >= 15 is 0 Å². The van der Waals surface area contributed by atoms with Crippen LogP contribution in [-0.4, -0.2) is 58.6 Å². The zero-order valence-corrected chi connectivity index (χ0v) is 21.9. The fraction of sp³-hybridized carbons (Fsp3) is 0.345. The lowest BCUT2D eigenvalue weighted by Crippen LogP contribution is -2.31. The summed E-state index contributed by atoms with van der Waals surface area (Å²) in [5.41, 5.74) is 1.04. The predicted molar refractivity (Wildman–Crippen MR) is 142 cm³/mol. The van der Waals surface area contributed by atoms with Crippen molar-refractivity contribution < 1.29 is 28.9 Å². The third kappa shape index (κ3) is 5.66. The number of hydrogen-bond donors (Lipinski definition) is 1. The van der Waals surface area contributed by atoms with Crippen molar-refractivity contribution in [2.24, 2.45) is 0 Å². The van der Waals surface area contributed by atoms with Crippen molar-refractivity contribution in [3.05, 3.63) is 77.9 Å². The van der Waals surface area contributed by atoms with Crippen LogP contribution < -0.4 is 14.2 Å². The molecule has 0 bridgehead atoms. The number of imidazole rings is 1. The molecule has 0 spiro atoms. The molecule has 200 valence electrons. The fourth-order valence-electron chi connectivity index (χ4n) is 4.53. The van der Waals surface area contributed by atoms with Gasteiger partial charge >= 0.3 is 0 Å². The molecule has 2 aromatic carbocycles. The Kier molecular flexibility index (Phi) is 8.68. The molecule has 1 amide bonds. The molecule has 1 aliphatic heterocycles. The average Bonchev–Trinajstić information content (AvgIpc) is 3.55. The number of aryl methyl sites for hydroxylation is 1. The highest BCUT2D eigenvalue weighted by Crippen LogP contribution is 2.42. The number of ketones is 1. The van der Waals surface area contributed by atoms with Gasteiger partial charge in [-0.1, -0.05) is 31.5 Å². The summed E-state index contributed by atoms with van der Waals surface area (Å²) in [7, 11) is 3.07. The van der Waals surface area contributed by atoms with E-state index in [-0.39, 0.29) is 11.3 Å². The van der Waals surface area contributed by atoms with Gasteiger partial charge in [-0.15, -0.1) is 0 Å². The minimum atomic E-state index is -0.803. The molecule has 1 saturated heterocycles. The molecule has 1 fully saturated rings. The molecule has 1 aromatic heterocycles. The Bertz CT molecular complexity index is 1300. The second-order valence-corrected chi connectivity index (χ2v) is 8.99. The molecule has 2 heterocycles. The number of nitrogens with zero attached hydrogens (tertiary/aromatic N) is 3. The number of methoxy groups -OCH3 is 2. The van der Waals surface area contributed by atoms with E-state index in [9.17, 15) is 14.7 Å². The van der Waals surface area contributed by atoms with Crippen molar-refractivity contribution in [2.45, 2.75) is 38.8 Å². The summed E-state index contributed by atoms with van der Waals surface area (Å²) >= 11 is 0. The largest absolute Gasteiger partial charge is 0.507 e. The van der Waals surface area contributed by atoms with Crippen molar-refractivity contribution in [1.82, 2.24) is 14.5 Å². The second kappa shape index (κ2) is 12.3. The lowest BCUT2D eigenvalue weighted by Gasteiger charge is -2.26. The highest BCUT2D eigenvalue weighted by atomic mass is 16.5. The summed E-state index contributed by atoms with van der Waals surface area (Å²) in [6, 6.07) is 11.3. The van der Waals surface area contributed by atoms with E-state index in [2.05, 4.69) is 11.9 Å². The molecule has 0 aliphatic carbocycles. The van der Waals surface area contributed by atoms with Crippen LogP contribution in [0, 0.1) is 0 Å². The molecule has 9 heteroatoms. The van der Waals surface area contributed by atoms with Crippen LogP contribution in [0.15, 0.2) is 66.8 Å². The van der Waals surface area contributed by atoms with E-state index in [1.807, 2.05) is 16.8 Å². The van der Waals surface area contributed by atoms with E-state index < -0.39 is 17.7 Å². The molecular weight excluding hydrogens is 486 g/mol. The van der Waals surface area contributed by atoms with Crippen LogP contribution in [-0.2, 0) is 16.1 Å². The van der Waals surface area contributed by atoms with Gasteiger partial charge in [-0.3, -0.25) is 9.59 Å². The molecule has 3 aromatic rings. The first-order chi connectivity index (χ1) is 18.5. The van der Waals surface area contributed by atoms with Crippen molar-refractivity contribution >= 4 is 17.4 Å². The fourth-order valence-corrected chi connectivity index (χ4v) is 4.53. The van der Waals surface area contributed by atoms with E-state index in [4.69, 9.17) is 14.2 Å². The van der Waals surface area contributed by atoms with Crippen LogP contribution in [0.5, 0.6) is 17.2 Å². The molecule has 9 nitrogen and oxygen atoms in total. The Labute approximate surface area is 222 Å². The molecule has 1 N–H and O–H groups in total. The maximum Gasteiger partial charge on any atom is 0.295 e. The number of carbonyl (C=O) groups is 2. The molecule has 4 rings (SSSR count). The van der Waals surface area contributed by atoms with Crippen molar-refractivity contribution in [3.63, 3.8) is 0 Å². The number of benzene rings is 2. The molecule has 1 atom stereocenters. The minimum absolute atomic E-state index is 0.0209. The summed E-state index contributed by atoms with van der Waals surface area (Å²) in [4.78, 5) is 32.2. The Hall–Kier alpha value is -4.27. The quantitative estimate of drug-likeness (QED) is 0.162. The number of carbonyl (C=O) groups excluding carboxylic acids is 2. The number of rotatable bonds is 12. The SMILES string of the molecule is CCCCOc1ccc([C@@H]2C(=C(O)c3cccc(OC)c3)C(=O)C(=O)N2CCCn2ccnc2)cc1OC. The van der Waals surface area contributed by atoms with Gasteiger partial charge in [0.05, 0.1) is 38.8 Å². The molecule has 0 saturated carbocycles. The van der Waals surface area contributed by atoms with Crippen LogP contribution in [0.3, 0.4) is 0 Å². The van der Waals surface area contributed by atoms with Gasteiger partial charge in [0, 0.05) is 31.0 Å². The maximum absolute atomic E-state index is 13.3. The van der Waals surface area contributed by atoms with Gasteiger partial charge in [0.2, 0.25) is 0 Å². The summed E-state index contributed by atoms with van der Waals surface area (Å²) < 4.78 is 18.7. The zero-order chi connectivity index (χ0) is 27.1. The number of ether oxygens (including phenoxy) is 3. The topological polar surface area (TPSA) is 103 Å². The first-order valence-corrected chi connectivity index (χ1v) is 12.7. The van der Waals surface area contributed by atoms with Gasteiger partial charge in [-0.05, 0) is 42.7 Å². The van der Waals surface area contributed by atoms with Gasteiger partial charge in [-0.25, -0.2) is 4.98 Å². The molecule has 38 heavy (non-hydrogen) atoms. The number of amides is 1. The van der Waals surface area contributed by atoms with Crippen molar-refractivity contribution in [2.75, 3.05) is 27.4 Å². The van der Waals surface area contributed by atoms with E-state index in [0.717, 1.165) is 12.8 Å². The molecular formula is C29H33N3O6. The van der Waals surface area contributed by atoms with Gasteiger partial charge in [0.25, 0.3) is 11.7 Å². The van der Waals surface area contributed by atoms with E-state index in [1.54, 1.807) is 56.0 Å². The Balaban J connectivity index is 1.75. The Morgan fingerprint density at radius 1 is 1.03 bits per heavy atom. The summed E-state index contributed by atoms with van der Waals surface area (Å²) in [5, 5.41) is 11.3.